The number of hydrogen-bond acceptors (Lipinski definition) is 6. The standard InChI is InChI=1S/C15H12N6OS/c1-10-2-4-11(5-3-10)14-18-20-21(19-14)9-13(22)17-15-12(8-16)6-7-23-15/h2-7H,9H2,1H3,(H,17,22). The molecule has 2 aromatic heterocycles. The average Bonchev–Trinajstić information content (AvgIpc) is 3.17. The predicted octanol–water partition coefficient (Wildman–Crippen LogP) is 2.22. The largest absolute Gasteiger partial charge is 0.315 e. The maximum Gasteiger partial charge on any atom is 0.248 e. The second-order valence-corrected chi connectivity index (χ2v) is 5.75. The van der Waals surface area contributed by atoms with Crippen molar-refractivity contribution < 1.29 is 4.79 Å². The van der Waals surface area contributed by atoms with Gasteiger partial charge in [-0.1, -0.05) is 29.8 Å². The van der Waals surface area contributed by atoms with E-state index < -0.39 is 0 Å². The Morgan fingerprint density at radius 3 is 2.87 bits per heavy atom. The van der Waals surface area contributed by atoms with E-state index in [1.807, 2.05) is 37.3 Å². The van der Waals surface area contributed by atoms with Gasteiger partial charge in [0.2, 0.25) is 11.7 Å². The Kier molecular flexibility index (Phi) is 4.12. The summed E-state index contributed by atoms with van der Waals surface area (Å²) in [6, 6.07) is 11.4. The average molecular weight is 324 g/mol. The number of aryl methyl sites for hydroxylation is 1. The molecule has 1 amide bonds. The predicted molar refractivity (Wildman–Crippen MR) is 85.7 cm³/mol. The number of carbonyl (C=O) groups excluding carboxylic acids is 1. The van der Waals surface area contributed by atoms with Gasteiger partial charge in [0.05, 0.1) is 5.56 Å². The van der Waals surface area contributed by atoms with Crippen LogP contribution in [-0.2, 0) is 11.3 Å². The Morgan fingerprint density at radius 1 is 1.35 bits per heavy atom. The molecule has 0 aliphatic rings. The van der Waals surface area contributed by atoms with Crippen LogP contribution >= 0.6 is 11.3 Å². The second-order valence-electron chi connectivity index (χ2n) is 4.83. The van der Waals surface area contributed by atoms with E-state index in [0.717, 1.165) is 11.1 Å². The highest BCUT2D eigenvalue weighted by molar-refractivity contribution is 7.14. The highest BCUT2D eigenvalue weighted by Gasteiger charge is 2.12. The number of anilines is 1. The van der Waals surface area contributed by atoms with Crippen LogP contribution in [0, 0.1) is 18.3 Å². The van der Waals surface area contributed by atoms with Gasteiger partial charge in [0.25, 0.3) is 0 Å². The lowest BCUT2D eigenvalue weighted by atomic mass is 10.1. The molecule has 0 bridgehead atoms. The molecule has 0 spiro atoms. The van der Waals surface area contributed by atoms with E-state index in [1.165, 1.54) is 16.1 Å². The molecule has 3 rings (SSSR count). The second kappa shape index (κ2) is 6.37. The molecule has 0 radical (unpaired) electrons. The van der Waals surface area contributed by atoms with Crippen LogP contribution in [0.1, 0.15) is 11.1 Å². The van der Waals surface area contributed by atoms with Crippen molar-refractivity contribution in [2.75, 3.05) is 5.32 Å². The number of aromatic nitrogens is 4. The zero-order valence-corrected chi connectivity index (χ0v) is 13.0. The lowest BCUT2D eigenvalue weighted by Crippen LogP contribution is -2.20. The van der Waals surface area contributed by atoms with Crippen molar-refractivity contribution in [2.45, 2.75) is 13.5 Å². The molecule has 114 valence electrons. The number of tetrazole rings is 1. The van der Waals surface area contributed by atoms with Gasteiger partial charge in [0.15, 0.2) is 0 Å². The zero-order valence-electron chi connectivity index (χ0n) is 12.2. The van der Waals surface area contributed by atoms with E-state index in [4.69, 9.17) is 5.26 Å². The SMILES string of the molecule is Cc1ccc(-c2nnn(CC(=O)Nc3sccc3C#N)n2)cc1. The molecular formula is C15H12N6OS. The lowest BCUT2D eigenvalue weighted by Gasteiger charge is -2.01. The summed E-state index contributed by atoms with van der Waals surface area (Å²) in [6.45, 7) is 1.93. The van der Waals surface area contributed by atoms with Crippen LogP contribution in [0.15, 0.2) is 35.7 Å². The topological polar surface area (TPSA) is 96.5 Å². The van der Waals surface area contributed by atoms with Crippen molar-refractivity contribution in [3.63, 3.8) is 0 Å². The monoisotopic (exact) mass is 324 g/mol. The fraction of sp³-hybridized carbons (Fsp3) is 0.133. The van der Waals surface area contributed by atoms with Crippen LogP contribution in [-0.4, -0.2) is 26.1 Å². The number of thiophene rings is 1. The van der Waals surface area contributed by atoms with Gasteiger partial charge in [0, 0.05) is 5.56 Å². The molecule has 0 saturated carbocycles. The molecule has 1 N–H and O–H groups in total. The van der Waals surface area contributed by atoms with E-state index in [1.54, 1.807) is 11.4 Å². The van der Waals surface area contributed by atoms with Crippen molar-refractivity contribution in [1.29, 1.82) is 5.26 Å². The van der Waals surface area contributed by atoms with Gasteiger partial charge in [-0.15, -0.1) is 21.5 Å². The summed E-state index contributed by atoms with van der Waals surface area (Å²) in [7, 11) is 0. The Labute approximate surface area is 136 Å². The molecule has 0 aliphatic carbocycles. The van der Waals surface area contributed by atoms with Crippen LogP contribution in [0.25, 0.3) is 11.4 Å². The summed E-state index contributed by atoms with van der Waals surface area (Å²) < 4.78 is 0. The van der Waals surface area contributed by atoms with E-state index in [2.05, 4.69) is 20.7 Å². The Hall–Kier alpha value is -3.05. The van der Waals surface area contributed by atoms with Gasteiger partial charge in [-0.3, -0.25) is 4.79 Å². The third kappa shape index (κ3) is 3.41. The normalized spacial score (nSPS) is 10.3. The van der Waals surface area contributed by atoms with Gasteiger partial charge in [-0.05, 0) is 23.6 Å². The summed E-state index contributed by atoms with van der Waals surface area (Å²) >= 11 is 1.30. The van der Waals surface area contributed by atoms with Gasteiger partial charge >= 0.3 is 0 Å². The first-order valence-corrected chi connectivity index (χ1v) is 7.66. The minimum atomic E-state index is -0.309. The number of carbonyl (C=O) groups is 1. The first-order valence-electron chi connectivity index (χ1n) is 6.78. The van der Waals surface area contributed by atoms with Crippen LogP contribution in [0.4, 0.5) is 5.00 Å². The lowest BCUT2D eigenvalue weighted by molar-refractivity contribution is -0.117. The highest BCUT2D eigenvalue weighted by atomic mass is 32.1. The summed E-state index contributed by atoms with van der Waals surface area (Å²) in [6.07, 6.45) is 0. The summed E-state index contributed by atoms with van der Waals surface area (Å²) in [5, 5.41) is 25.9. The quantitative estimate of drug-likeness (QED) is 0.793. The van der Waals surface area contributed by atoms with Gasteiger partial charge in [-0.2, -0.15) is 10.1 Å². The molecule has 0 saturated heterocycles. The van der Waals surface area contributed by atoms with E-state index in [9.17, 15) is 4.79 Å². The smallest absolute Gasteiger partial charge is 0.248 e. The molecule has 7 nitrogen and oxygen atoms in total. The summed E-state index contributed by atoms with van der Waals surface area (Å²) in [4.78, 5) is 13.2. The fourth-order valence-electron chi connectivity index (χ4n) is 1.92. The minimum absolute atomic E-state index is 0.0678. The van der Waals surface area contributed by atoms with Crippen LogP contribution in [0.2, 0.25) is 0 Å². The molecule has 0 fully saturated rings. The molecule has 8 heteroatoms. The highest BCUT2D eigenvalue weighted by Crippen LogP contribution is 2.22. The number of nitrogens with one attached hydrogen (secondary N) is 1. The van der Waals surface area contributed by atoms with Crippen molar-refractivity contribution in [3.8, 4) is 17.5 Å². The third-order valence-corrected chi connectivity index (χ3v) is 3.92. The number of amides is 1. The molecular weight excluding hydrogens is 312 g/mol. The van der Waals surface area contributed by atoms with E-state index in [-0.39, 0.29) is 12.5 Å². The van der Waals surface area contributed by atoms with Crippen molar-refractivity contribution in [2.24, 2.45) is 0 Å². The zero-order chi connectivity index (χ0) is 16.2. The number of nitrogens with zero attached hydrogens (tertiary/aromatic N) is 5. The molecule has 0 atom stereocenters. The van der Waals surface area contributed by atoms with Crippen LogP contribution < -0.4 is 5.32 Å². The van der Waals surface area contributed by atoms with Crippen molar-refractivity contribution in [3.05, 3.63) is 46.8 Å². The van der Waals surface area contributed by atoms with E-state index in [0.29, 0.717) is 16.4 Å². The van der Waals surface area contributed by atoms with Crippen molar-refractivity contribution >= 4 is 22.2 Å². The van der Waals surface area contributed by atoms with Gasteiger partial charge in [-0.25, -0.2) is 0 Å². The number of hydrogen-bond donors (Lipinski definition) is 1. The molecule has 1 aromatic carbocycles. The minimum Gasteiger partial charge on any atom is -0.315 e. The molecule has 0 unspecified atom stereocenters. The van der Waals surface area contributed by atoms with Gasteiger partial charge in [0.1, 0.15) is 17.6 Å². The first-order chi connectivity index (χ1) is 11.2. The first kappa shape index (κ1) is 14.9. The third-order valence-electron chi connectivity index (χ3n) is 3.09. The van der Waals surface area contributed by atoms with Gasteiger partial charge < -0.3 is 5.32 Å². The molecule has 0 aliphatic heterocycles. The summed E-state index contributed by atoms with van der Waals surface area (Å²) in [5.41, 5.74) is 2.42. The Balaban J connectivity index is 1.68. The van der Waals surface area contributed by atoms with Crippen LogP contribution in [0.5, 0.6) is 0 Å². The maximum absolute atomic E-state index is 12.0. The summed E-state index contributed by atoms with van der Waals surface area (Å²) in [5.74, 6) is 0.156. The maximum atomic E-state index is 12.0. The fourth-order valence-corrected chi connectivity index (χ4v) is 2.67. The molecule has 23 heavy (non-hydrogen) atoms. The molecule has 2 heterocycles. The Bertz CT molecular complexity index is 874. The number of benzene rings is 1. The number of nitriles is 1. The Morgan fingerprint density at radius 2 is 2.13 bits per heavy atom. The van der Waals surface area contributed by atoms with Crippen molar-refractivity contribution in [1.82, 2.24) is 20.2 Å². The van der Waals surface area contributed by atoms with Crippen LogP contribution in [0.3, 0.4) is 0 Å². The number of rotatable bonds is 4. The van der Waals surface area contributed by atoms with E-state index >= 15 is 0 Å². The molecule has 3 aromatic rings.